The molecule has 19 heteroatoms. The maximum absolute atomic E-state index is 14.6. The number of pyridine rings is 1. The van der Waals surface area contributed by atoms with Crippen molar-refractivity contribution in [1.29, 1.82) is 0 Å². The van der Waals surface area contributed by atoms with Gasteiger partial charge in [0.1, 0.15) is 40.8 Å². The Labute approximate surface area is 354 Å². The molecule has 5 atom stereocenters. The lowest BCUT2D eigenvalue weighted by molar-refractivity contribution is -0.142. The zero-order valence-corrected chi connectivity index (χ0v) is 36.5. The van der Waals surface area contributed by atoms with E-state index in [1.165, 1.54) is 16.2 Å². The van der Waals surface area contributed by atoms with Gasteiger partial charge < -0.3 is 39.8 Å². The number of rotatable bonds is 10. The number of hydrogen-bond donors (Lipinski definition) is 4. The van der Waals surface area contributed by atoms with Gasteiger partial charge in [-0.2, -0.15) is 0 Å². The Balaban J connectivity index is 1.22. The van der Waals surface area contributed by atoms with Gasteiger partial charge in [0.15, 0.2) is 5.13 Å². The number of ether oxygens (including phenoxy) is 4. The predicted octanol–water partition coefficient (Wildman–Crippen LogP) is 4.50. The number of sulfonamides is 1. The molecule has 4 amide bonds. The summed E-state index contributed by atoms with van der Waals surface area (Å²) in [5, 5.41) is 12.3. The van der Waals surface area contributed by atoms with Crippen molar-refractivity contribution in [1.82, 2.24) is 30.2 Å². The van der Waals surface area contributed by atoms with Gasteiger partial charge in [-0.05, 0) is 102 Å². The number of amides is 4. The van der Waals surface area contributed by atoms with Crippen LogP contribution in [0, 0.1) is 5.92 Å². The molecule has 1 aromatic carbocycles. The third kappa shape index (κ3) is 10.1. The molecular formula is C41H55N7O10S2. The van der Waals surface area contributed by atoms with E-state index < -0.39 is 68.4 Å². The summed E-state index contributed by atoms with van der Waals surface area (Å²) < 4.78 is 51.7. The van der Waals surface area contributed by atoms with Gasteiger partial charge >= 0.3 is 6.09 Å². The molecule has 3 aromatic rings. The summed E-state index contributed by atoms with van der Waals surface area (Å²) in [5.41, 5.74) is -1.17. The van der Waals surface area contributed by atoms with E-state index in [4.69, 9.17) is 28.9 Å². The summed E-state index contributed by atoms with van der Waals surface area (Å²) in [4.78, 5) is 67.1. The first-order chi connectivity index (χ1) is 28.4. The Hall–Kier alpha value is -4.75. The molecule has 2 saturated carbocycles. The second kappa shape index (κ2) is 17.3. The van der Waals surface area contributed by atoms with E-state index in [-0.39, 0.29) is 43.8 Å². The Bertz CT molecular complexity index is 2220. The number of nitrogens with zero attached hydrogens (tertiary/aromatic N) is 3. The van der Waals surface area contributed by atoms with E-state index in [1.807, 2.05) is 37.4 Å². The fourth-order valence-corrected chi connectivity index (χ4v) is 9.95. The highest BCUT2D eigenvalue weighted by molar-refractivity contribution is 7.91. The number of aromatic nitrogens is 2. The molecule has 4 aliphatic rings. The molecule has 4 fully saturated rings. The van der Waals surface area contributed by atoms with Crippen LogP contribution in [0.3, 0.4) is 0 Å². The van der Waals surface area contributed by atoms with Crippen LogP contribution in [0.2, 0.25) is 0 Å². The molecule has 0 radical (unpaired) electrons. The van der Waals surface area contributed by atoms with Crippen molar-refractivity contribution in [3.63, 3.8) is 0 Å². The maximum atomic E-state index is 14.6. The number of carbonyl (C=O) groups excluding carboxylic acids is 4. The average Bonchev–Trinajstić information content (AvgIpc) is 4.06. The standard InChI is InChI=1S/C41H55N7O10S2/c1-23(2)42-38-44-32(22-59-38)30-17-24-16-26(55-6)11-14-29(24)35(43-30)57-27-18-33-34(49)46-41(37(51)47-60(53,54)28-12-13-28)19-25(41)10-8-7-9-15-56-21-31(36(50)48(33)20-27)45-39(52)58-40(3,4)5/h11,14,16-17,22-23,25,27-28,31,33H,7-10,12-13,15,18-21H2,1-6H3,(H,42,44)(H,45,52)(H,46,49)(H,47,51)/t25-,27-,31+,33+,41-/m1/s1. The molecule has 7 rings (SSSR count). The van der Waals surface area contributed by atoms with Crippen LogP contribution >= 0.6 is 11.3 Å². The summed E-state index contributed by atoms with van der Waals surface area (Å²) in [6, 6.07) is 5.11. The Morgan fingerprint density at radius 3 is 2.57 bits per heavy atom. The summed E-state index contributed by atoms with van der Waals surface area (Å²) in [6.45, 7) is 9.19. The van der Waals surface area contributed by atoms with Gasteiger partial charge in [-0.1, -0.05) is 12.8 Å². The fourth-order valence-electron chi connectivity index (χ4n) is 7.74. The van der Waals surface area contributed by atoms with Crippen LogP contribution in [0.1, 0.15) is 86.0 Å². The highest BCUT2D eigenvalue weighted by Gasteiger charge is 2.62. The molecule has 17 nitrogen and oxygen atoms in total. The molecular weight excluding hydrogens is 815 g/mol. The van der Waals surface area contributed by atoms with Gasteiger partial charge in [0.05, 0.1) is 31.2 Å². The van der Waals surface area contributed by atoms with Crippen LogP contribution in [0.25, 0.3) is 22.2 Å². The molecule has 2 aliphatic carbocycles. The summed E-state index contributed by atoms with van der Waals surface area (Å²) >= 11 is 1.44. The molecule has 0 spiro atoms. The zero-order valence-electron chi connectivity index (χ0n) is 34.9. The van der Waals surface area contributed by atoms with Gasteiger partial charge in [-0.15, -0.1) is 11.3 Å². The van der Waals surface area contributed by atoms with Crippen LogP contribution in [0.15, 0.2) is 29.6 Å². The van der Waals surface area contributed by atoms with Crippen LogP contribution in [-0.2, 0) is 33.9 Å². The summed E-state index contributed by atoms with van der Waals surface area (Å²) in [7, 11) is -2.33. The molecule has 0 unspecified atom stereocenters. The number of alkyl carbamates (subject to hydrolysis) is 1. The number of anilines is 1. The smallest absolute Gasteiger partial charge is 0.408 e. The van der Waals surface area contributed by atoms with Crippen LogP contribution < -0.4 is 30.1 Å². The first-order valence-electron chi connectivity index (χ1n) is 20.6. The van der Waals surface area contributed by atoms with Crippen molar-refractivity contribution in [3.8, 4) is 23.0 Å². The van der Waals surface area contributed by atoms with Crippen molar-refractivity contribution >= 4 is 61.1 Å². The molecule has 2 aromatic heterocycles. The van der Waals surface area contributed by atoms with E-state index in [0.29, 0.717) is 61.2 Å². The maximum Gasteiger partial charge on any atom is 0.408 e. The largest absolute Gasteiger partial charge is 0.497 e. The second-order valence-corrected chi connectivity index (χ2v) is 20.2. The normalized spacial score (nSPS) is 25.3. The molecule has 60 heavy (non-hydrogen) atoms. The highest BCUT2D eigenvalue weighted by atomic mass is 32.2. The third-order valence-electron chi connectivity index (χ3n) is 11.0. The lowest BCUT2D eigenvalue weighted by Gasteiger charge is -2.30. The molecule has 4 heterocycles. The quantitative estimate of drug-likeness (QED) is 0.221. The van der Waals surface area contributed by atoms with E-state index >= 15 is 0 Å². The minimum absolute atomic E-state index is 0.0109. The number of thiazole rings is 1. The molecule has 2 saturated heterocycles. The minimum Gasteiger partial charge on any atom is -0.497 e. The SMILES string of the molecule is COc1ccc2c(O[C@@H]3C[C@H]4C(=O)N[C@]5(C(=O)NS(=O)(=O)C6CC6)C[C@H]5CCCCCOC[C@H](NC(=O)OC(C)(C)C)C(=O)N4C3)nc(-c3csc(NC(C)C)n3)cc2c1. The number of hydrogen-bond acceptors (Lipinski definition) is 14. The number of methoxy groups -OCH3 is 1. The fraction of sp³-hybridized carbons (Fsp3) is 0.610. The Kier molecular flexibility index (Phi) is 12.5. The van der Waals surface area contributed by atoms with Gasteiger partial charge in [0.2, 0.25) is 27.7 Å². The first kappa shape index (κ1) is 43.3. The van der Waals surface area contributed by atoms with E-state index in [2.05, 4.69) is 20.7 Å². The molecule has 326 valence electrons. The number of nitrogens with one attached hydrogen (secondary N) is 4. The van der Waals surface area contributed by atoms with Crippen molar-refractivity contribution in [2.45, 2.75) is 127 Å². The van der Waals surface area contributed by atoms with Gasteiger partial charge in [-0.3, -0.25) is 19.1 Å². The van der Waals surface area contributed by atoms with Crippen LogP contribution in [0.4, 0.5) is 9.93 Å². The minimum atomic E-state index is -3.91. The van der Waals surface area contributed by atoms with E-state index in [0.717, 1.165) is 16.9 Å². The molecule has 4 N–H and O–H groups in total. The van der Waals surface area contributed by atoms with E-state index in [9.17, 15) is 27.6 Å². The van der Waals surface area contributed by atoms with Gasteiger partial charge in [-0.25, -0.2) is 23.2 Å². The van der Waals surface area contributed by atoms with Crippen LogP contribution in [-0.4, -0.2) is 115 Å². The summed E-state index contributed by atoms with van der Waals surface area (Å²) in [6.07, 6.45) is 2.22. The second-order valence-electron chi connectivity index (χ2n) is 17.4. The molecule has 0 bridgehead atoms. The first-order valence-corrected chi connectivity index (χ1v) is 23.0. The van der Waals surface area contributed by atoms with Gasteiger partial charge in [0, 0.05) is 29.8 Å². The van der Waals surface area contributed by atoms with E-state index in [1.54, 1.807) is 33.9 Å². The Morgan fingerprint density at radius 1 is 1.07 bits per heavy atom. The van der Waals surface area contributed by atoms with Gasteiger partial charge in [0.25, 0.3) is 5.91 Å². The number of carbonyl (C=O) groups is 4. The van der Waals surface area contributed by atoms with Crippen molar-refractivity contribution < 1.29 is 46.5 Å². The molecule has 2 aliphatic heterocycles. The van der Waals surface area contributed by atoms with Crippen molar-refractivity contribution in [3.05, 3.63) is 29.6 Å². The van der Waals surface area contributed by atoms with Crippen molar-refractivity contribution in [2.24, 2.45) is 5.92 Å². The topological polar surface area (TPSA) is 216 Å². The van der Waals surface area contributed by atoms with Crippen molar-refractivity contribution in [2.75, 3.05) is 32.2 Å². The lowest BCUT2D eigenvalue weighted by Crippen LogP contribution is -2.59. The third-order valence-corrected chi connectivity index (χ3v) is 13.6. The monoisotopic (exact) mass is 869 g/mol. The highest BCUT2D eigenvalue weighted by Crippen LogP contribution is 2.48. The predicted molar refractivity (Wildman–Crippen MR) is 224 cm³/mol. The number of benzene rings is 1. The Morgan fingerprint density at radius 2 is 1.85 bits per heavy atom. The average molecular weight is 870 g/mol. The lowest BCUT2D eigenvalue weighted by atomic mass is 10.1. The van der Waals surface area contributed by atoms with Crippen LogP contribution in [0.5, 0.6) is 11.6 Å². The summed E-state index contributed by atoms with van der Waals surface area (Å²) in [5.74, 6) is -1.48. The number of fused-ring (bicyclic) bond motifs is 3. The zero-order chi connectivity index (χ0) is 43.0.